The molecular weight excluding hydrogens is 346 g/mol. The molecule has 0 radical (unpaired) electrons. The minimum absolute atomic E-state index is 0.191. The molecule has 2 aliphatic rings. The van der Waals surface area contributed by atoms with Gasteiger partial charge in [0.15, 0.2) is 0 Å². The average Bonchev–Trinajstić information content (AvgIpc) is 3.20. The molecule has 1 amide bonds. The summed E-state index contributed by atoms with van der Waals surface area (Å²) in [6.07, 6.45) is 4.92. The Kier molecular flexibility index (Phi) is 4.80. The Morgan fingerprint density at radius 1 is 1.27 bits per heavy atom. The molecule has 0 unspecified atom stereocenters. The van der Waals surface area contributed by atoms with Crippen LogP contribution in [0.2, 0.25) is 0 Å². The minimum atomic E-state index is 0.191. The fourth-order valence-electron chi connectivity index (χ4n) is 3.93. The van der Waals surface area contributed by atoms with E-state index in [9.17, 15) is 4.79 Å². The van der Waals surface area contributed by atoms with Crippen LogP contribution in [0.15, 0.2) is 33.6 Å². The van der Waals surface area contributed by atoms with Crippen molar-refractivity contribution in [3.63, 3.8) is 0 Å². The van der Waals surface area contributed by atoms with Crippen LogP contribution in [0.5, 0.6) is 0 Å². The van der Waals surface area contributed by atoms with Gasteiger partial charge in [0, 0.05) is 30.0 Å². The summed E-state index contributed by atoms with van der Waals surface area (Å²) in [6, 6.07) is 8.33. The number of oxazole rings is 1. The third kappa shape index (κ3) is 3.53. The average molecular weight is 372 g/mol. The van der Waals surface area contributed by atoms with E-state index in [2.05, 4.69) is 40.7 Å². The topological polar surface area (TPSA) is 58.4 Å². The molecule has 4 rings (SSSR count). The van der Waals surface area contributed by atoms with E-state index in [0.29, 0.717) is 12.3 Å². The van der Waals surface area contributed by atoms with Crippen molar-refractivity contribution in [3.05, 3.63) is 35.7 Å². The molecule has 6 heteroatoms. The van der Waals surface area contributed by atoms with Gasteiger partial charge in [0.25, 0.3) is 0 Å². The summed E-state index contributed by atoms with van der Waals surface area (Å²) in [4.78, 5) is 20.0. The van der Waals surface area contributed by atoms with Gasteiger partial charge in [-0.25, -0.2) is 4.98 Å². The van der Waals surface area contributed by atoms with E-state index in [1.807, 2.05) is 6.92 Å². The van der Waals surface area contributed by atoms with E-state index >= 15 is 0 Å². The molecule has 2 saturated heterocycles. The van der Waals surface area contributed by atoms with Crippen LogP contribution in [0, 0.1) is 12.3 Å². The van der Waals surface area contributed by atoms with Crippen molar-refractivity contribution in [2.45, 2.75) is 37.6 Å². The largest absolute Gasteiger partial charge is 0.441 e. The molecule has 2 fully saturated rings. The highest BCUT2D eigenvalue weighted by atomic mass is 32.2. The molecule has 0 bridgehead atoms. The summed E-state index contributed by atoms with van der Waals surface area (Å²) in [6.45, 7) is 5.68. The number of benzene rings is 1. The van der Waals surface area contributed by atoms with Gasteiger partial charge in [0.2, 0.25) is 11.8 Å². The number of aromatic nitrogens is 1. The van der Waals surface area contributed by atoms with Crippen molar-refractivity contribution < 1.29 is 9.21 Å². The predicted molar refractivity (Wildman–Crippen MR) is 103 cm³/mol. The molecule has 1 spiro atoms. The standard InChI is InChI=1S/C20H25N3O2S/c1-14-17(22-19(25-14)15-3-5-16(26-2)6-4-15)12-23-9-7-20(8-10-23)11-18(24)21-13-20/h3-6H,7-13H2,1-2H3,(H,21,24). The molecule has 1 aromatic carbocycles. The lowest BCUT2D eigenvalue weighted by atomic mass is 9.77. The van der Waals surface area contributed by atoms with Gasteiger partial charge in [-0.05, 0) is 68.8 Å². The molecule has 26 heavy (non-hydrogen) atoms. The van der Waals surface area contributed by atoms with Crippen molar-refractivity contribution >= 4 is 17.7 Å². The number of amides is 1. The highest BCUT2D eigenvalue weighted by Gasteiger charge is 2.40. The van der Waals surface area contributed by atoms with Crippen LogP contribution < -0.4 is 5.32 Å². The summed E-state index contributed by atoms with van der Waals surface area (Å²) in [7, 11) is 0. The number of carbonyl (C=O) groups is 1. The Morgan fingerprint density at radius 2 is 2.00 bits per heavy atom. The highest BCUT2D eigenvalue weighted by molar-refractivity contribution is 7.98. The fourth-order valence-corrected chi connectivity index (χ4v) is 4.34. The van der Waals surface area contributed by atoms with Crippen LogP contribution in [0.4, 0.5) is 0 Å². The number of piperidine rings is 1. The lowest BCUT2D eigenvalue weighted by molar-refractivity contribution is -0.119. The SMILES string of the molecule is CSc1ccc(-c2nc(CN3CCC4(CC3)CNC(=O)C4)c(C)o2)cc1. The number of carbonyl (C=O) groups excluding carboxylic acids is 1. The number of nitrogens with one attached hydrogen (secondary N) is 1. The zero-order valence-electron chi connectivity index (χ0n) is 15.4. The van der Waals surface area contributed by atoms with Gasteiger partial charge in [0.1, 0.15) is 5.76 Å². The molecule has 3 heterocycles. The summed E-state index contributed by atoms with van der Waals surface area (Å²) in [5, 5.41) is 3.00. The molecule has 5 nitrogen and oxygen atoms in total. The second kappa shape index (κ2) is 7.08. The fraction of sp³-hybridized carbons (Fsp3) is 0.500. The molecule has 0 atom stereocenters. The smallest absolute Gasteiger partial charge is 0.226 e. The van der Waals surface area contributed by atoms with Gasteiger partial charge < -0.3 is 9.73 Å². The maximum atomic E-state index is 11.6. The Balaban J connectivity index is 1.41. The van der Waals surface area contributed by atoms with E-state index in [1.54, 1.807) is 11.8 Å². The first-order chi connectivity index (χ1) is 12.6. The summed E-state index contributed by atoms with van der Waals surface area (Å²) in [5.41, 5.74) is 2.23. The van der Waals surface area contributed by atoms with Crippen LogP contribution in [0.3, 0.4) is 0 Å². The number of aryl methyl sites for hydroxylation is 1. The number of hydrogen-bond acceptors (Lipinski definition) is 5. The molecule has 0 aliphatic carbocycles. The molecule has 0 saturated carbocycles. The normalized spacial score (nSPS) is 19.8. The van der Waals surface area contributed by atoms with E-state index in [0.717, 1.165) is 56.0 Å². The molecule has 2 aliphatic heterocycles. The number of hydrogen-bond donors (Lipinski definition) is 1. The molecule has 138 valence electrons. The van der Waals surface area contributed by atoms with E-state index in [1.165, 1.54) is 4.90 Å². The lowest BCUT2D eigenvalue weighted by Crippen LogP contribution is -2.40. The van der Waals surface area contributed by atoms with Gasteiger partial charge in [-0.2, -0.15) is 0 Å². The van der Waals surface area contributed by atoms with Crippen molar-refractivity contribution in [2.75, 3.05) is 25.9 Å². The molecular formula is C20H25N3O2S. The maximum Gasteiger partial charge on any atom is 0.226 e. The lowest BCUT2D eigenvalue weighted by Gasteiger charge is -2.37. The van der Waals surface area contributed by atoms with Crippen molar-refractivity contribution in [1.29, 1.82) is 0 Å². The quantitative estimate of drug-likeness (QED) is 0.834. The zero-order chi connectivity index (χ0) is 18.1. The van der Waals surface area contributed by atoms with Gasteiger partial charge in [-0.1, -0.05) is 0 Å². The number of thioether (sulfide) groups is 1. The molecule has 1 aromatic heterocycles. The molecule has 1 N–H and O–H groups in total. The molecule has 2 aromatic rings. The minimum Gasteiger partial charge on any atom is -0.441 e. The Hall–Kier alpha value is -1.79. The second-order valence-electron chi connectivity index (χ2n) is 7.48. The first-order valence-electron chi connectivity index (χ1n) is 9.17. The highest BCUT2D eigenvalue weighted by Crippen LogP contribution is 2.38. The zero-order valence-corrected chi connectivity index (χ0v) is 16.2. The van der Waals surface area contributed by atoms with E-state index < -0.39 is 0 Å². The van der Waals surface area contributed by atoms with Crippen molar-refractivity contribution in [1.82, 2.24) is 15.2 Å². The van der Waals surface area contributed by atoms with Crippen LogP contribution in [-0.4, -0.2) is 41.7 Å². The number of likely N-dealkylation sites (tertiary alicyclic amines) is 1. The van der Waals surface area contributed by atoms with Crippen molar-refractivity contribution in [3.8, 4) is 11.5 Å². The van der Waals surface area contributed by atoms with Gasteiger partial charge in [-0.15, -0.1) is 11.8 Å². The predicted octanol–water partition coefficient (Wildman–Crippen LogP) is 3.47. The van der Waals surface area contributed by atoms with E-state index in [-0.39, 0.29) is 11.3 Å². The second-order valence-corrected chi connectivity index (χ2v) is 8.36. The maximum absolute atomic E-state index is 11.6. The third-order valence-corrected chi connectivity index (χ3v) is 6.46. The van der Waals surface area contributed by atoms with Crippen LogP contribution >= 0.6 is 11.8 Å². The summed E-state index contributed by atoms with van der Waals surface area (Å²) >= 11 is 1.73. The summed E-state index contributed by atoms with van der Waals surface area (Å²) in [5.74, 6) is 1.80. The van der Waals surface area contributed by atoms with Gasteiger partial charge >= 0.3 is 0 Å². The first-order valence-corrected chi connectivity index (χ1v) is 10.4. The van der Waals surface area contributed by atoms with Crippen LogP contribution in [0.1, 0.15) is 30.7 Å². The van der Waals surface area contributed by atoms with E-state index in [4.69, 9.17) is 9.40 Å². The Bertz CT molecular complexity index is 792. The van der Waals surface area contributed by atoms with Gasteiger partial charge in [0.05, 0.1) is 5.69 Å². The van der Waals surface area contributed by atoms with Gasteiger partial charge in [-0.3, -0.25) is 9.69 Å². The number of rotatable bonds is 4. The number of nitrogens with zero attached hydrogens (tertiary/aromatic N) is 2. The summed E-state index contributed by atoms with van der Waals surface area (Å²) < 4.78 is 5.92. The first kappa shape index (κ1) is 17.6. The van der Waals surface area contributed by atoms with Crippen LogP contribution in [-0.2, 0) is 11.3 Å². The Labute approximate surface area is 158 Å². The van der Waals surface area contributed by atoms with Crippen molar-refractivity contribution in [2.24, 2.45) is 5.41 Å². The Morgan fingerprint density at radius 3 is 2.62 bits per heavy atom. The van der Waals surface area contributed by atoms with Crippen LogP contribution in [0.25, 0.3) is 11.5 Å². The third-order valence-electron chi connectivity index (χ3n) is 5.72. The monoisotopic (exact) mass is 371 g/mol.